The van der Waals surface area contributed by atoms with E-state index in [2.05, 4.69) is 41.8 Å². The van der Waals surface area contributed by atoms with Gasteiger partial charge in [0.15, 0.2) is 0 Å². The third-order valence-electron chi connectivity index (χ3n) is 6.46. The monoisotopic (exact) mass is 446 g/mol. The van der Waals surface area contributed by atoms with Gasteiger partial charge in [-0.25, -0.2) is 0 Å². The number of likely N-dealkylation sites (tertiary alicyclic amines) is 1. The molecule has 5 heteroatoms. The van der Waals surface area contributed by atoms with Gasteiger partial charge in [-0.2, -0.15) is 0 Å². The third kappa shape index (κ3) is 4.78. The van der Waals surface area contributed by atoms with Gasteiger partial charge in [0, 0.05) is 32.1 Å². The lowest BCUT2D eigenvalue weighted by molar-refractivity contribution is -0.146. The summed E-state index contributed by atoms with van der Waals surface area (Å²) in [5.41, 5.74) is 2.95. The van der Waals surface area contributed by atoms with Gasteiger partial charge in [0.2, 0.25) is 11.8 Å². The highest BCUT2D eigenvalue weighted by atomic mass is 32.1. The van der Waals surface area contributed by atoms with E-state index in [1.807, 2.05) is 49.3 Å². The lowest BCUT2D eigenvalue weighted by Crippen LogP contribution is -2.51. The second-order valence-corrected chi connectivity index (χ2v) is 9.78. The molecule has 4 rings (SSSR count). The average Bonchev–Trinajstić information content (AvgIpc) is 3.35. The molecular formula is C27H30N2O2S. The van der Waals surface area contributed by atoms with Gasteiger partial charge in [-0.1, -0.05) is 60.7 Å². The fourth-order valence-electron chi connectivity index (χ4n) is 4.72. The van der Waals surface area contributed by atoms with Crippen LogP contribution in [-0.2, 0) is 22.4 Å². The van der Waals surface area contributed by atoms with Gasteiger partial charge in [-0.05, 0) is 47.4 Å². The van der Waals surface area contributed by atoms with Crippen LogP contribution in [0, 0.1) is 5.41 Å². The standard InChI is InChI=1S/C27H30N2O2S/c1-28(2)26(31)27(20-22-11-6-7-12-23(22)24-13-8-18-32-24)14-16-29(17-15-27)25(30)19-21-9-4-3-5-10-21/h3-13,18H,14-17,19-20H2,1-2H3. The van der Waals surface area contributed by atoms with Crippen molar-refractivity contribution in [1.29, 1.82) is 0 Å². The minimum Gasteiger partial charge on any atom is -0.348 e. The molecule has 32 heavy (non-hydrogen) atoms. The van der Waals surface area contributed by atoms with Crippen LogP contribution in [0.3, 0.4) is 0 Å². The molecule has 1 aliphatic rings. The van der Waals surface area contributed by atoms with E-state index in [9.17, 15) is 9.59 Å². The van der Waals surface area contributed by atoms with Crippen LogP contribution in [-0.4, -0.2) is 48.8 Å². The molecule has 1 saturated heterocycles. The van der Waals surface area contributed by atoms with Crippen LogP contribution in [0.1, 0.15) is 24.0 Å². The van der Waals surface area contributed by atoms with Gasteiger partial charge < -0.3 is 9.80 Å². The fraction of sp³-hybridized carbons (Fsp3) is 0.333. The van der Waals surface area contributed by atoms with E-state index in [4.69, 9.17) is 0 Å². The summed E-state index contributed by atoms with van der Waals surface area (Å²) in [7, 11) is 3.67. The van der Waals surface area contributed by atoms with E-state index < -0.39 is 5.41 Å². The first-order chi connectivity index (χ1) is 15.5. The van der Waals surface area contributed by atoms with Gasteiger partial charge in [0.05, 0.1) is 11.8 Å². The zero-order valence-electron chi connectivity index (χ0n) is 18.8. The van der Waals surface area contributed by atoms with E-state index in [1.54, 1.807) is 16.2 Å². The van der Waals surface area contributed by atoms with Crippen molar-refractivity contribution in [2.45, 2.75) is 25.7 Å². The van der Waals surface area contributed by atoms with Gasteiger partial charge in [0.1, 0.15) is 0 Å². The molecule has 0 unspecified atom stereocenters. The van der Waals surface area contributed by atoms with E-state index in [0.29, 0.717) is 38.8 Å². The Morgan fingerprint density at radius 2 is 1.62 bits per heavy atom. The van der Waals surface area contributed by atoms with Crippen LogP contribution < -0.4 is 0 Å². The number of rotatable bonds is 6. The van der Waals surface area contributed by atoms with Crippen molar-refractivity contribution in [3.8, 4) is 10.4 Å². The highest BCUT2D eigenvalue weighted by Crippen LogP contribution is 2.40. The first kappa shape index (κ1) is 22.3. The third-order valence-corrected chi connectivity index (χ3v) is 7.37. The summed E-state index contributed by atoms with van der Waals surface area (Å²) in [6, 6.07) is 22.5. The van der Waals surface area contributed by atoms with E-state index in [0.717, 1.165) is 5.56 Å². The average molecular weight is 447 g/mol. The van der Waals surface area contributed by atoms with Crippen molar-refractivity contribution >= 4 is 23.2 Å². The lowest BCUT2D eigenvalue weighted by atomic mass is 9.72. The van der Waals surface area contributed by atoms with E-state index in [1.165, 1.54) is 16.0 Å². The van der Waals surface area contributed by atoms with Crippen molar-refractivity contribution < 1.29 is 9.59 Å². The van der Waals surface area contributed by atoms with Gasteiger partial charge in [0.25, 0.3) is 0 Å². The van der Waals surface area contributed by atoms with Crippen LogP contribution in [0.2, 0.25) is 0 Å². The summed E-state index contributed by atoms with van der Waals surface area (Å²) in [6.45, 7) is 1.23. The summed E-state index contributed by atoms with van der Waals surface area (Å²) in [4.78, 5) is 31.2. The van der Waals surface area contributed by atoms with Crippen LogP contribution in [0.25, 0.3) is 10.4 Å². The molecule has 2 heterocycles. The number of carbonyl (C=O) groups excluding carboxylic acids is 2. The van der Waals surface area contributed by atoms with Gasteiger partial charge >= 0.3 is 0 Å². The maximum atomic E-state index is 13.4. The second kappa shape index (κ2) is 9.70. The number of amides is 2. The van der Waals surface area contributed by atoms with Crippen LogP contribution in [0.5, 0.6) is 0 Å². The predicted molar refractivity (Wildman–Crippen MR) is 131 cm³/mol. The highest BCUT2D eigenvalue weighted by Gasteiger charge is 2.43. The minimum absolute atomic E-state index is 0.140. The fourth-order valence-corrected chi connectivity index (χ4v) is 5.51. The first-order valence-electron chi connectivity index (χ1n) is 11.1. The van der Waals surface area contributed by atoms with Crippen molar-refractivity contribution in [1.82, 2.24) is 9.80 Å². The number of piperidine rings is 1. The SMILES string of the molecule is CN(C)C(=O)C1(Cc2ccccc2-c2cccs2)CCN(C(=O)Cc2ccccc2)CC1. The summed E-state index contributed by atoms with van der Waals surface area (Å²) < 4.78 is 0. The molecule has 0 saturated carbocycles. The maximum absolute atomic E-state index is 13.4. The molecule has 2 amide bonds. The summed E-state index contributed by atoms with van der Waals surface area (Å²) in [5.74, 6) is 0.301. The molecule has 0 bridgehead atoms. The number of benzene rings is 2. The molecule has 1 aliphatic heterocycles. The van der Waals surface area contributed by atoms with Gasteiger partial charge in [-0.15, -0.1) is 11.3 Å². The number of carbonyl (C=O) groups is 2. The van der Waals surface area contributed by atoms with Crippen LogP contribution in [0.4, 0.5) is 0 Å². The molecule has 1 aromatic heterocycles. The Balaban J connectivity index is 1.54. The number of hydrogen-bond donors (Lipinski definition) is 0. The first-order valence-corrected chi connectivity index (χ1v) is 12.0. The van der Waals surface area contributed by atoms with Gasteiger partial charge in [-0.3, -0.25) is 9.59 Å². The molecule has 0 atom stereocenters. The molecular weight excluding hydrogens is 416 g/mol. The smallest absolute Gasteiger partial charge is 0.228 e. The van der Waals surface area contributed by atoms with Crippen LogP contribution in [0.15, 0.2) is 72.1 Å². The molecule has 2 aromatic carbocycles. The zero-order valence-corrected chi connectivity index (χ0v) is 19.6. The Bertz CT molecular complexity index is 1050. The number of nitrogens with zero attached hydrogens (tertiary/aromatic N) is 2. The largest absolute Gasteiger partial charge is 0.348 e. The van der Waals surface area contributed by atoms with Crippen molar-refractivity contribution in [3.63, 3.8) is 0 Å². The Hall–Kier alpha value is -2.92. The normalized spacial score (nSPS) is 15.4. The number of hydrogen-bond acceptors (Lipinski definition) is 3. The second-order valence-electron chi connectivity index (χ2n) is 8.83. The molecule has 0 radical (unpaired) electrons. The Kier molecular flexibility index (Phi) is 6.75. The zero-order chi connectivity index (χ0) is 22.6. The summed E-state index contributed by atoms with van der Waals surface area (Å²) in [5, 5.41) is 2.09. The minimum atomic E-state index is -0.486. The quantitative estimate of drug-likeness (QED) is 0.541. The van der Waals surface area contributed by atoms with Crippen molar-refractivity contribution in [2.24, 2.45) is 5.41 Å². The molecule has 166 valence electrons. The molecule has 1 fully saturated rings. The molecule has 0 N–H and O–H groups in total. The molecule has 0 spiro atoms. The molecule has 3 aromatic rings. The summed E-state index contributed by atoms with van der Waals surface area (Å²) >= 11 is 1.72. The van der Waals surface area contributed by atoms with Crippen molar-refractivity contribution in [3.05, 3.63) is 83.2 Å². The maximum Gasteiger partial charge on any atom is 0.228 e. The summed E-state index contributed by atoms with van der Waals surface area (Å²) in [6.07, 6.45) is 2.47. The molecule has 0 aliphatic carbocycles. The van der Waals surface area contributed by atoms with E-state index >= 15 is 0 Å². The van der Waals surface area contributed by atoms with Crippen LogP contribution >= 0.6 is 11.3 Å². The van der Waals surface area contributed by atoms with E-state index in [-0.39, 0.29) is 11.8 Å². The number of thiophene rings is 1. The van der Waals surface area contributed by atoms with Crippen molar-refractivity contribution in [2.75, 3.05) is 27.2 Å². The molecule has 4 nitrogen and oxygen atoms in total. The topological polar surface area (TPSA) is 40.6 Å². The Labute approximate surface area is 194 Å². The Morgan fingerprint density at radius 1 is 0.938 bits per heavy atom. The highest BCUT2D eigenvalue weighted by molar-refractivity contribution is 7.13. The Morgan fingerprint density at radius 3 is 2.28 bits per heavy atom. The predicted octanol–water partition coefficient (Wildman–Crippen LogP) is 4.90. The lowest BCUT2D eigenvalue weighted by Gasteiger charge is -2.42.